The summed E-state index contributed by atoms with van der Waals surface area (Å²) in [5.74, 6) is -1.01. The summed E-state index contributed by atoms with van der Waals surface area (Å²) in [4.78, 5) is 10.7. The molecule has 22 heavy (non-hydrogen) atoms. The third-order valence-corrected chi connectivity index (χ3v) is 3.51. The van der Waals surface area contributed by atoms with Gasteiger partial charge in [0.15, 0.2) is 0 Å². The van der Waals surface area contributed by atoms with Crippen molar-refractivity contribution >= 4 is 13.1 Å². The molecule has 7 heteroatoms. The van der Waals surface area contributed by atoms with E-state index in [4.69, 9.17) is 9.76 Å². The van der Waals surface area contributed by atoms with E-state index in [1.165, 1.54) is 0 Å². The second-order valence-electron chi connectivity index (χ2n) is 5.31. The maximum Gasteiger partial charge on any atom is 0.473 e. The van der Waals surface area contributed by atoms with Gasteiger partial charge in [0.1, 0.15) is 5.75 Å². The third-order valence-electron chi connectivity index (χ3n) is 3.51. The molecule has 1 aliphatic rings. The molecule has 2 atom stereocenters. The van der Waals surface area contributed by atoms with E-state index in [0.29, 0.717) is 19.4 Å². The Bertz CT molecular complexity index is 536. The molecule has 0 aliphatic carbocycles. The fourth-order valence-electron chi connectivity index (χ4n) is 2.40. The summed E-state index contributed by atoms with van der Waals surface area (Å²) < 4.78 is 5.34. The van der Waals surface area contributed by atoms with Gasteiger partial charge in [-0.3, -0.25) is 4.79 Å². The van der Waals surface area contributed by atoms with Gasteiger partial charge in [-0.15, -0.1) is 0 Å². The number of hydrogen-bond acceptors (Lipinski definition) is 5. The topological polar surface area (TPSA) is 99.0 Å². The maximum atomic E-state index is 10.7. The third kappa shape index (κ3) is 5.18. The minimum Gasteiger partial charge on any atom is -0.508 e. The van der Waals surface area contributed by atoms with E-state index in [1.54, 1.807) is 24.3 Å². The Labute approximate surface area is 129 Å². The lowest BCUT2D eigenvalue weighted by Gasteiger charge is -2.20. The van der Waals surface area contributed by atoms with Crippen LogP contribution in [-0.4, -0.2) is 46.9 Å². The van der Waals surface area contributed by atoms with Gasteiger partial charge in [-0.05, 0) is 37.1 Å². The van der Waals surface area contributed by atoms with Crippen LogP contribution in [0.5, 0.6) is 5.75 Å². The highest BCUT2D eigenvalue weighted by molar-refractivity contribution is 6.45. The number of phenols is 1. The van der Waals surface area contributed by atoms with Crippen LogP contribution in [0.4, 0.5) is 0 Å². The van der Waals surface area contributed by atoms with Crippen LogP contribution in [0.3, 0.4) is 0 Å². The normalized spacial score (nSPS) is 21.6. The lowest BCUT2D eigenvalue weighted by Crippen LogP contribution is -2.46. The number of rotatable bonds is 6. The number of aliphatic carboxylic acids is 1. The first kappa shape index (κ1) is 16.5. The van der Waals surface area contributed by atoms with E-state index in [-0.39, 0.29) is 18.1 Å². The van der Waals surface area contributed by atoms with Gasteiger partial charge in [0.25, 0.3) is 0 Å². The summed E-state index contributed by atoms with van der Waals surface area (Å²) in [7, 11) is -1.05. The Kier molecular flexibility index (Phi) is 6.00. The Morgan fingerprint density at radius 2 is 2.27 bits per heavy atom. The Morgan fingerprint density at radius 3 is 3.00 bits per heavy atom. The lowest BCUT2D eigenvalue weighted by molar-refractivity contribution is -0.138. The molecule has 118 valence electrons. The van der Waals surface area contributed by atoms with Crippen LogP contribution in [0.15, 0.2) is 36.4 Å². The van der Waals surface area contributed by atoms with Crippen molar-refractivity contribution in [3.05, 3.63) is 42.0 Å². The van der Waals surface area contributed by atoms with Crippen LogP contribution >= 0.6 is 0 Å². The van der Waals surface area contributed by atoms with Crippen molar-refractivity contribution in [3.8, 4) is 5.75 Å². The van der Waals surface area contributed by atoms with Crippen LogP contribution in [0.1, 0.15) is 18.4 Å². The highest BCUT2D eigenvalue weighted by Crippen LogP contribution is 2.13. The van der Waals surface area contributed by atoms with Gasteiger partial charge in [-0.2, -0.15) is 0 Å². The molecule has 1 aromatic rings. The maximum absolute atomic E-state index is 10.7. The molecule has 1 heterocycles. The molecule has 4 N–H and O–H groups in total. The molecule has 0 unspecified atom stereocenters. The van der Waals surface area contributed by atoms with Crippen molar-refractivity contribution in [1.29, 1.82) is 0 Å². The molecule has 0 amide bonds. The van der Waals surface area contributed by atoms with E-state index in [2.05, 4.69) is 5.32 Å². The molecule has 0 fully saturated rings. The van der Waals surface area contributed by atoms with Crippen LogP contribution < -0.4 is 5.32 Å². The molecule has 2 rings (SSSR count). The van der Waals surface area contributed by atoms with Crippen molar-refractivity contribution in [1.82, 2.24) is 5.32 Å². The summed E-state index contributed by atoms with van der Waals surface area (Å²) in [5.41, 5.74) is 0.996. The molecule has 0 spiro atoms. The summed E-state index contributed by atoms with van der Waals surface area (Å²) >= 11 is 0. The molecule has 0 saturated carbocycles. The zero-order chi connectivity index (χ0) is 15.9. The van der Waals surface area contributed by atoms with Gasteiger partial charge in [-0.1, -0.05) is 24.3 Å². The zero-order valence-corrected chi connectivity index (χ0v) is 12.2. The lowest BCUT2D eigenvalue weighted by atomic mass is 9.77. The van der Waals surface area contributed by atoms with Gasteiger partial charge in [0, 0.05) is 5.94 Å². The van der Waals surface area contributed by atoms with E-state index in [9.17, 15) is 14.9 Å². The fourth-order valence-corrected chi connectivity index (χ4v) is 2.40. The quantitative estimate of drug-likeness (QED) is 0.457. The predicted molar refractivity (Wildman–Crippen MR) is 82.5 cm³/mol. The van der Waals surface area contributed by atoms with Crippen LogP contribution in [0.2, 0.25) is 0 Å². The first-order valence-electron chi connectivity index (χ1n) is 7.28. The van der Waals surface area contributed by atoms with E-state index in [0.717, 1.165) is 5.56 Å². The number of carboxylic acids is 1. The highest BCUT2D eigenvalue weighted by atomic mass is 16.5. The smallest absolute Gasteiger partial charge is 0.473 e. The fraction of sp³-hybridized carbons (Fsp3) is 0.400. The Balaban J connectivity index is 1.80. The Hall–Kier alpha value is -1.83. The number of carboxylic acid groups (broad SMARTS) is 1. The molecule has 1 aromatic carbocycles. The number of benzene rings is 1. The molecular weight excluding hydrogens is 285 g/mol. The standard InChI is InChI=1S/C15H20BNO5/c18-12-4-1-3-11(9-12)7-8-17-14-6-2-5-13(10-15(19)20)22-16(14)21/h1-5,9,13-14,17-18,21H,6-8,10H2,(H,19,20)/t13-,14+/m1/s1. The first-order valence-corrected chi connectivity index (χ1v) is 7.28. The van der Waals surface area contributed by atoms with E-state index in [1.807, 2.05) is 12.1 Å². The summed E-state index contributed by atoms with van der Waals surface area (Å²) in [6.07, 6.45) is 4.01. The van der Waals surface area contributed by atoms with Gasteiger partial charge in [0.2, 0.25) is 0 Å². The molecule has 0 bridgehead atoms. The second-order valence-corrected chi connectivity index (χ2v) is 5.31. The van der Waals surface area contributed by atoms with Gasteiger partial charge in [0.05, 0.1) is 12.5 Å². The summed E-state index contributed by atoms with van der Waals surface area (Å²) in [5, 5.41) is 31.4. The van der Waals surface area contributed by atoms with Crippen molar-refractivity contribution in [2.24, 2.45) is 0 Å². The molecule has 0 radical (unpaired) electrons. The number of aromatic hydroxyl groups is 1. The number of nitrogens with one attached hydrogen (secondary N) is 1. The zero-order valence-electron chi connectivity index (χ0n) is 12.2. The highest BCUT2D eigenvalue weighted by Gasteiger charge is 2.30. The minimum absolute atomic E-state index is 0.163. The monoisotopic (exact) mass is 305 g/mol. The minimum atomic E-state index is -1.05. The van der Waals surface area contributed by atoms with Gasteiger partial charge < -0.3 is 25.2 Å². The largest absolute Gasteiger partial charge is 0.508 e. The van der Waals surface area contributed by atoms with Crippen LogP contribution in [0.25, 0.3) is 0 Å². The Morgan fingerprint density at radius 1 is 1.45 bits per heavy atom. The molecule has 0 aromatic heterocycles. The average Bonchev–Trinajstić information content (AvgIpc) is 2.60. The van der Waals surface area contributed by atoms with Crippen LogP contribution in [0, 0.1) is 0 Å². The SMILES string of the molecule is O=C(O)C[C@H]1C=CC[C@H](NCCc2cccc(O)c2)B(O)O1. The predicted octanol–water partition coefficient (Wildman–Crippen LogP) is 0.732. The molecule has 1 aliphatic heterocycles. The number of phenolic OH excluding ortho intramolecular Hbond substituents is 1. The van der Waals surface area contributed by atoms with Gasteiger partial charge >= 0.3 is 13.1 Å². The van der Waals surface area contributed by atoms with E-state index >= 15 is 0 Å². The van der Waals surface area contributed by atoms with Crippen molar-refractivity contribution < 1.29 is 24.7 Å². The summed E-state index contributed by atoms with van der Waals surface area (Å²) in [6.45, 7) is 0.617. The van der Waals surface area contributed by atoms with Crippen molar-refractivity contribution in [2.45, 2.75) is 31.3 Å². The molecular formula is C15H20BNO5. The van der Waals surface area contributed by atoms with Crippen molar-refractivity contribution in [3.63, 3.8) is 0 Å². The van der Waals surface area contributed by atoms with E-state index < -0.39 is 19.2 Å². The molecule has 0 saturated heterocycles. The van der Waals surface area contributed by atoms with Crippen LogP contribution in [-0.2, 0) is 15.9 Å². The number of hydrogen-bond donors (Lipinski definition) is 4. The average molecular weight is 305 g/mol. The van der Waals surface area contributed by atoms with Gasteiger partial charge in [-0.25, -0.2) is 0 Å². The number of carbonyl (C=O) groups is 1. The second kappa shape index (κ2) is 7.98. The molecule has 6 nitrogen and oxygen atoms in total. The first-order chi connectivity index (χ1) is 10.5. The van der Waals surface area contributed by atoms with Crippen molar-refractivity contribution in [2.75, 3.05) is 6.54 Å². The summed E-state index contributed by atoms with van der Waals surface area (Å²) in [6, 6.07) is 7.02.